The number of hydrogen-bond acceptors (Lipinski definition) is 6. The van der Waals surface area contributed by atoms with Crippen LogP contribution >= 0.6 is 0 Å². The van der Waals surface area contributed by atoms with E-state index in [0.29, 0.717) is 0 Å². The minimum absolute atomic E-state index is 0.0181. The Balaban J connectivity index is 2.29. The summed E-state index contributed by atoms with van der Waals surface area (Å²) in [4.78, 5) is 35.0. The average Bonchev–Trinajstić information content (AvgIpc) is 3.07. The van der Waals surface area contributed by atoms with E-state index in [1.807, 2.05) is 0 Å². The highest BCUT2D eigenvalue weighted by Crippen LogP contribution is 2.21. The van der Waals surface area contributed by atoms with E-state index in [0.717, 1.165) is 4.90 Å². The maximum Gasteiger partial charge on any atom is 0.323 e. The summed E-state index contributed by atoms with van der Waals surface area (Å²) in [6.07, 6.45) is 1.41. The molecule has 1 heterocycles. The molecule has 0 aliphatic rings. The number of carbonyl (C=O) groups is 2. The van der Waals surface area contributed by atoms with Gasteiger partial charge in [0.1, 0.15) is 12.2 Å². The number of amides is 1. The first kappa shape index (κ1) is 18.1. The van der Waals surface area contributed by atoms with E-state index in [4.69, 9.17) is 9.84 Å². The number of nitrogens with zero attached hydrogens (tertiary/aromatic N) is 4. The van der Waals surface area contributed by atoms with Gasteiger partial charge in [-0.2, -0.15) is 5.10 Å². The number of benzene rings is 1. The second-order valence-electron chi connectivity index (χ2n) is 5.00. The van der Waals surface area contributed by atoms with Gasteiger partial charge in [-0.3, -0.25) is 19.7 Å². The Morgan fingerprint density at radius 3 is 2.72 bits per heavy atom. The fourth-order valence-corrected chi connectivity index (χ4v) is 2.16. The lowest BCUT2D eigenvalue weighted by atomic mass is 10.3. The van der Waals surface area contributed by atoms with Gasteiger partial charge in [-0.15, -0.1) is 0 Å². The van der Waals surface area contributed by atoms with Crippen LogP contribution in [0.15, 0.2) is 36.5 Å². The summed E-state index contributed by atoms with van der Waals surface area (Å²) in [6, 6.07) is 7.34. The van der Waals surface area contributed by atoms with Crippen molar-refractivity contribution in [2.24, 2.45) is 0 Å². The van der Waals surface area contributed by atoms with Crippen molar-refractivity contribution < 1.29 is 24.4 Å². The molecule has 0 saturated heterocycles. The molecule has 0 bridgehead atoms. The fraction of sp³-hybridized carbons (Fsp3) is 0.267. The smallest absolute Gasteiger partial charge is 0.323 e. The fourth-order valence-electron chi connectivity index (χ4n) is 2.16. The Morgan fingerprint density at radius 1 is 1.36 bits per heavy atom. The van der Waals surface area contributed by atoms with Crippen LogP contribution in [0.5, 0.6) is 0 Å². The zero-order chi connectivity index (χ0) is 18.4. The SMILES string of the molecule is COCCN(CC(=O)O)C(=O)c1ccn(-c2ccccc2[N+](=O)[O-])n1. The Kier molecular flexibility index (Phi) is 5.79. The normalized spacial score (nSPS) is 10.4. The molecule has 1 aromatic heterocycles. The standard InChI is InChI=1S/C15H16N4O6/c1-25-9-8-17(10-14(20)21)15(22)11-6-7-18(16-11)12-4-2-3-5-13(12)19(23)24/h2-7H,8-10H2,1H3,(H,20,21). The highest BCUT2D eigenvalue weighted by molar-refractivity contribution is 5.94. The zero-order valence-electron chi connectivity index (χ0n) is 13.4. The van der Waals surface area contributed by atoms with E-state index in [2.05, 4.69) is 5.10 Å². The van der Waals surface area contributed by atoms with Gasteiger partial charge in [0.25, 0.3) is 11.6 Å². The molecule has 0 aliphatic carbocycles. The van der Waals surface area contributed by atoms with Gasteiger partial charge in [0.05, 0.1) is 11.5 Å². The van der Waals surface area contributed by atoms with Crippen molar-refractivity contribution in [3.8, 4) is 5.69 Å². The summed E-state index contributed by atoms with van der Waals surface area (Å²) in [5, 5.41) is 24.1. The lowest BCUT2D eigenvalue weighted by Crippen LogP contribution is -2.38. The largest absolute Gasteiger partial charge is 0.480 e. The topological polar surface area (TPSA) is 128 Å². The van der Waals surface area contributed by atoms with E-state index in [9.17, 15) is 19.7 Å². The first-order chi connectivity index (χ1) is 11.9. The van der Waals surface area contributed by atoms with Crippen LogP contribution in [0.1, 0.15) is 10.5 Å². The molecule has 0 unspecified atom stereocenters. The summed E-state index contributed by atoms with van der Waals surface area (Å²) in [7, 11) is 1.44. The van der Waals surface area contributed by atoms with Crippen molar-refractivity contribution in [1.29, 1.82) is 0 Å². The molecule has 0 fully saturated rings. The summed E-state index contributed by atoms with van der Waals surface area (Å²) >= 11 is 0. The van der Waals surface area contributed by atoms with Crippen molar-refractivity contribution in [3.05, 3.63) is 52.3 Å². The van der Waals surface area contributed by atoms with E-state index in [1.54, 1.807) is 6.07 Å². The zero-order valence-corrected chi connectivity index (χ0v) is 13.4. The number of ether oxygens (including phenoxy) is 1. The van der Waals surface area contributed by atoms with Gasteiger partial charge in [0.2, 0.25) is 0 Å². The van der Waals surface area contributed by atoms with Crippen molar-refractivity contribution in [2.45, 2.75) is 0 Å². The van der Waals surface area contributed by atoms with Gasteiger partial charge >= 0.3 is 5.97 Å². The first-order valence-corrected chi connectivity index (χ1v) is 7.23. The van der Waals surface area contributed by atoms with Crippen LogP contribution in [0, 0.1) is 10.1 Å². The summed E-state index contributed by atoms with van der Waals surface area (Å²) in [6.45, 7) is -0.246. The molecule has 1 N–H and O–H groups in total. The molecule has 0 radical (unpaired) electrons. The van der Waals surface area contributed by atoms with E-state index >= 15 is 0 Å². The van der Waals surface area contributed by atoms with Crippen LogP contribution in [0.2, 0.25) is 0 Å². The van der Waals surface area contributed by atoms with Gasteiger partial charge in [-0.05, 0) is 12.1 Å². The van der Waals surface area contributed by atoms with Crippen LogP contribution < -0.4 is 0 Å². The number of para-hydroxylation sites is 2. The first-order valence-electron chi connectivity index (χ1n) is 7.23. The highest BCUT2D eigenvalue weighted by atomic mass is 16.6. The maximum atomic E-state index is 12.4. The Labute approximate surface area is 142 Å². The molecule has 2 aromatic rings. The van der Waals surface area contributed by atoms with Gasteiger partial charge in [-0.25, -0.2) is 4.68 Å². The van der Waals surface area contributed by atoms with Gasteiger partial charge in [0.15, 0.2) is 5.69 Å². The number of carboxylic acid groups (broad SMARTS) is 1. The summed E-state index contributed by atoms with van der Waals surface area (Å²) in [5.41, 5.74) is 0.0232. The second kappa shape index (κ2) is 8.02. The number of hydrogen-bond donors (Lipinski definition) is 1. The molecule has 2 rings (SSSR count). The van der Waals surface area contributed by atoms with E-state index < -0.39 is 23.3 Å². The quantitative estimate of drug-likeness (QED) is 0.555. The molecular weight excluding hydrogens is 332 g/mol. The minimum Gasteiger partial charge on any atom is -0.480 e. The number of aromatic nitrogens is 2. The number of carbonyl (C=O) groups excluding carboxylic acids is 1. The number of methoxy groups -OCH3 is 1. The van der Waals surface area contributed by atoms with Crippen molar-refractivity contribution in [2.75, 3.05) is 26.8 Å². The molecular formula is C15H16N4O6. The van der Waals surface area contributed by atoms with Crippen LogP contribution in [0.4, 0.5) is 5.69 Å². The van der Waals surface area contributed by atoms with Crippen LogP contribution in [0.25, 0.3) is 5.69 Å². The second-order valence-corrected chi connectivity index (χ2v) is 5.00. The van der Waals surface area contributed by atoms with Crippen LogP contribution in [0.3, 0.4) is 0 Å². The summed E-state index contributed by atoms with van der Waals surface area (Å²) in [5.74, 6) is -1.76. The third-order valence-electron chi connectivity index (χ3n) is 3.31. The number of rotatable bonds is 8. The number of aliphatic carboxylic acids is 1. The van der Waals surface area contributed by atoms with Crippen molar-refractivity contribution in [3.63, 3.8) is 0 Å². The molecule has 25 heavy (non-hydrogen) atoms. The van der Waals surface area contributed by atoms with Crippen molar-refractivity contribution >= 4 is 17.6 Å². The average molecular weight is 348 g/mol. The van der Waals surface area contributed by atoms with Gasteiger partial charge < -0.3 is 14.7 Å². The molecule has 1 aromatic carbocycles. The number of nitro groups is 1. The van der Waals surface area contributed by atoms with Crippen LogP contribution in [-0.4, -0.2) is 63.4 Å². The van der Waals surface area contributed by atoms with E-state index in [-0.39, 0.29) is 30.2 Å². The van der Waals surface area contributed by atoms with E-state index in [1.165, 1.54) is 42.3 Å². The van der Waals surface area contributed by atoms with Crippen molar-refractivity contribution in [1.82, 2.24) is 14.7 Å². The molecule has 0 saturated carbocycles. The molecule has 1 amide bonds. The molecule has 10 nitrogen and oxygen atoms in total. The van der Waals surface area contributed by atoms with Crippen LogP contribution in [-0.2, 0) is 9.53 Å². The predicted octanol–water partition coefficient (Wildman–Crippen LogP) is 0.954. The third kappa shape index (κ3) is 4.38. The van der Waals surface area contributed by atoms with Gasteiger partial charge in [0, 0.05) is 25.9 Å². The maximum absolute atomic E-state index is 12.4. The molecule has 0 spiro atoms. The predicted molar refractivity (Wildman–Crippen MR) is 85.6 cm³/mol. The molecule has 0 aliphatic heterocycles. The number of nitro benzene ring substituents is 1. The third-order valence-corrected chi connectivity index (χ3v) is 3.31. The lowest BCUT2D eigenvalue weighted by Gasteiger charge is -2.18. The molecule has 10 heteroatoms. The minimum atomic E-state index is -1.16. The number of carboxylic acids is 1. The van der Waals surface area contributed by atoms with Gasteiger partial charge in [-0.1, -0.05) is 12.1 Å². The Bertz CT molecular complexity index is 788. The Hall–Kier alpha value is -3.27. The highest BCUT2D eigenvalue weighted by Gasteiger charge is 2.22. The molecule has 132 valence electrons. The summed E-state index contributed by atoms with van der Waals surface area (Å²) < 4.78 is 6.08. The Morgan fingerprint density at radius 2 is 2.08 bits per heavy atom. The molecule has 0 atom stereocenters. The lowest BCUT2D eigenvalue weighted by molar-refractivity contribution is -0.384. The monoisotopic (exact) mass is 348 g/mol.